The topological polar surface area (TPSA) is 42.7 Å². The third-order valence-electron chi connectivity index (χ3n) is 3.31. The Morgan fingerprint density at radius 1 is 1.15 bits per heavy atom. The van der Waals surface area contributed by atoms with E-state index in [2.05, 4.69) is 21.5 Å². The first-order chi connectivity index (χ1) is 8.83. The minimum atomic E-state index is 0. The third-order valence-corrected chi connectivity index (χ3v) is 3.54. The highest BCUT2D eigenvalue weighted by atomic mass is 35.5. The van der Waals surface area contributed by atoms with E-state index in [4.69, 9.17) is 11.6 Å². The van der Waals surface area contributed by atoms with Gasteiger partial charge in [-0.3, -0.25) is 0 Å². The van der Waals surface area contributed by atoms with Crippen LogP contribution in [0, 0.1) is 0 Å². The van der Waals surface area contributed by atoms with Crippen LogP contribution in [0.4, 0.5) is 0 Å². The molecule has 1 aliphatic rings. The molecule has 3 rings (SSSR count). The smallest absolute Gasteiger partial charge is 0.153 e. The van der Waals surface area contributed by atoms with Gasteiger partial charge in [-0.05, 0) is 44.1 Å². The molecule has 7 heteroatoms. The summed E-state index contributed by atoms with van der Waals surface area (Å²) in [6.07, 6.45) is 5.92. The van der Waals surface area contributed by atoms with Gasteiger partial charge in [-0.25, -0.2) is 9.67 Å². The van der Waals surface area contributed by atoms with Gasteiger partial charge in [0.2, 0.25) is 0 Å². The van der Waals surface area contributed by atoms with E-state index in [1.165, 1.54) is 0 Å². The molecule has 4 nitrogen and oxygen atoms in total. The summed E-state index contributed by atoms with van der Waals surface area (Å²) < 4.78 is 1.81. The van der Waals surface area contributed by atoms with Gasteiger partial charge in [0.25, 0.3) is 0 Å². The van der Waals surface area contributed by atoms with Crippen molar-refractivity contribution < 1.29 is 0 Å². The molecule has 2 aromatic heterocycles. The fourth-order valence-electron chi connectivity index (χ4n) is 2.30. The van der Waals surface area contributed by atoms with Gasteiger partial charge in [0.1, 0.15) is 0 Å². The van der Waals surface area contributed by atoms with Crippen LogP contribution in [-0.4, -0.2) is 27.9 Å². The van der Waals surface area contributed by atoms with Crippen molar-refractivity contribution in [1.29, 1.82) is 0 Å². The molecule has 1 aliphatic heterocycles. The van der Waals surface area contributed by atoms with E-state index < -0.39 is 0 Å². The van der Waals surface area contributed by atoms with Crippen LogP contribution in [0.5, 0.6) is 0 Å². The average molecular weight is 336 g/mol. The zero-order valence-corrected chi connectivity index (χ0v) is 13.2. The number of nitrogens with zero attached hydrogens (tertiary/aromatic N) is 3. The minimum Gasteiger partial charge on any atom is -0.317 e. The molecule has 20 heavy (non-hydrogen) atoms. The number of hydrogen-bond acceptors (Lipinski definition) is 3. The zero-order valence-electron chi connectivity index (χ0n) is 10.8. The molecule has 0 unspecified atom stereocenters. The average Bonchev–Trinajstić information content (AvgIpc) is 2.90. The fourth-order valence-corrected chi connectivity index (χ4v) is 2.42. The van der Waals surface area contributed by atoms with Crippen molar-refractivity contribution in [3.8, 4) is 5.82 Å². The molecule has 1 saturated heterocycles. The minimum absolute atomic E-state index is 0. The molecule has 0 spiro atoms. The van der Waals surface area contributed by atoms with Crippen molar-refractivity contribution in [2.75, 3.05) is 13.1 Å². The van der Waals surface area contributed by atoms with Crippen molar-refractivity contribution in [2.24, 2.45) is 0 Å². The van der Waals surface area contributed by atoms with Gasteiger partial charge in [0.05, 0.1) is 10.7 Å². The van der Waals surface area contributed by atoms with E-state index in [1.54, 1.807) is 6.20 Å². The number of rotatable bonds is 2. The van der Waals surface area contributed by atoms with Crippen LogP contribution < -0.4 is 5.32 Å². The number of pyridine rings is 1. The Morgan fingerprint density at radius 2 is 1.90 bits per heavy atom. The van der Waals surface area contributed by atoms with Crippen molar-refractivity contribution in [3.05, 3.63) is 41.3 Å². The van der Waals surface area contributed by atoms with Crippen LogP contribution in [-0.2, 0) is 0 Å². The molecular formula is C13H17Cl3N4. The maximum Gasteiger partial charge on any atom is 0.153 e. The Balaban J connectivity index is 0.000001000. The summed E-state index contributed by atoms with van der Waals surface area (Å²) >= 11 is 5.83. The quantitative estimate of drug-likeness (QED) is 0.916. The van der Waals surface area contributed by atoms with Crippen LogP contribution in [0.3, 0.4) is 0 Å². The van der Waals surface area contributed by atoms with E-state index in [0.29, 0.717) is 10.9 Å². The van der Waals surface area contributed by atoms with Crippen LogP contribution >= 0.6 is 36.4 Å². The predicted octanol–water partition coefficient (Wildman–Crippen LogP) is 3.23. The molecule has 0 aliphatic carbocycles. The molecule has 0 amide bonds. The van der Waals surface area contributed by atoms with E-state index >= 15 is 0 Å². The second kappa shape index (κ2) is 7.84. The lowest BCUT2D eigenvalue weighted by atomic mass is 9.95. The normalized spacial score (nSPS) is 15.2. The molecule has 0 saturated carbocycles. The number of nitrogens with one attached hydrogen (secondary N) is 1. The van der Waals surface area contributed by atoms with Crippen LogP contribution in [0.15, 0.2) is 30.6 Å². The highest BCUT2D eigenvalue weighted by molar-refractivity contribution is 6.30. The highest BCUT2D eigenvalue weighted by Gasteiger charge is 2.17. The lowest BCUT2D eigenvalue weighted by Gasteiger charge is -2.20. The SMILES string of the molecule is Cl.Cl.Clc1ccc(-n2ccc(C3CCNCC3)n2)nc1. The monoisotopic (exact) mass is 334 g/mol. The van der Waals surface area contributed by atoms with Gasteiger partial charge < -0.3 is 5.32 Å². The van der Waals surface area contributed by atoms with Crippen LogP contribution in [0.2, 0.25) is 5.02 Å². The molecule has 0 atom stereocenters. The van der Waals surface area contributed by atoms with Gasteiger partial charge in [-0.1, -0.05) is 11.6 Å². The molecule has 3 heterocycles. The van der Waals surface area contributed by atoms with Crippen molar-refractivity contribution in [3.63, 3.8) is 0 Å². The van der Waals surface area contributed by atoms with Crippen molar-refractivity contribution in [1.82, 2.24) is 20.1 Å². The first kappa shape index (κ1) is 17.2. The van der Waals surface area contributed by atoms with Gasteiger partial charge in [-0.15, -0.1) is 24.8 Å². The van der Waals surface area contributed by atoms with E-state index in [9.17, 15) is 0 Å². The number of aromatic nitrogens is 3. The Morgan fingerprint density at radius 3 is 2.55 bits per heavy atom. The van der Waals surface area contributed by atoms with E-state index in [1.807, 2.05) is 23.0 Å². The fraction of sp³-hybridized carbons (Fsp3) is 0.385. The summed E-state index contributed by atoms with van der Waals surface area (Å²) in [5, 5.41) is 8.63. The van der Waals surface area contributed by atoms with Crippen LogP contribution in [0.1, 0.15) is 24.5 Å². The first-order valence-electron chi connectivity index (χ1n) is 6.21. The van der Waals surface area contributed by atoms with Gasteiger partial charge in [0.15, 0.2) is 5.82 Å². The third kappa shape index (κ3) is 3.85. The van der Waals surface area contributed by atoms with Gasteiger partial charge in [0, 0.05) is 18.3 Å². The maximum absolute atomic E-state index is 5.83. The summed E-state index contributed by atoms with van der Waals surface area (Å²) in [5.41, 5.74) is 1.16. The molecule has 0 bridgehead atoms. The maximum atomic E-state index is 5.83. The number of halogens is 3. The van der Waals surface area contributed by atoms with Gasteiger partial charge in [-0.2, -0.15) is 5.10 Å². The Hall–Kier alpha value is -0.810. The highest BCUT2D eigenvalue weighted by Crippen LogP contribution is 2.23. The molecule has 0 aromatic carbocycles. The largest absolute Gasteiger partial charge is 0.317 e. The summed E-state index contributed by atoms with van der Waals surface area (Å²) in [6, 6.07) is 5.80. The molecular weight excluding hydrogens is 319 g/mol. The standard InChI is InChI=1S/C13H15ClN4.2ClH/c14-11-1-2-13(16-9-11)18-8-5-12(17-18)10-3-6-15-7-4-10;;/h1-2,5,8-10,15H,3-4,6-7H2;2*1H. The van der Waals surface area contributed by atoms with Crippen LogP contribution in [0.25, 0.3) is 5.82 Å². The summed E-state index contributed by atoms with van der Waals surface area (Å²) in [7, 11) is 0. The summed E-state index contributed by atoms with van der Waals surface area (Å²) in [5.74, 6) is 1.37. The number of piperidine rings is 1. The van der Waals surface area contributed by atoms with Crippen molar-refractivity contribution in [2.45, 2.75) is 18.8 Å². The zero-order chi connectivity index (χ0) is 12.4. The number of hydrogen-bond donors (Lipinski definition) is 1. The second-order valence-corrected chi connectivity index (χ2v) is 4.98. The lowest BCUT2D eigenvalue weighted by molar-refractivity contribution is 0.451. The second-order valence-electron chi connectivity index (χ2n) is 4.54. The predicted molar refractivity (Wildman–Crippen MR) is 85.7 cm³/mol. The lowest BCUT2D eigenvalue weighted by Crippen LogP contribution is -2.26. The summed E-state index contributed by atoms with van der Waals surface area (Å²) in [4.78, 5) is 4.26. The van der Waals surface area contributed by atoms with E-state index in [-0.39, 0.29) is 24.8 Å². The molecule has 110 valence electrons. The van der Waals surface area contributed by atoms with Gasteiger partial charge >= 0.3 is 0 Å². The van der Waals surface area contributed by atoms with E-state index in [0.717, 1.165) is 37.4 Å². The van der Waals surface area contributed by atoms with Crippen molar-refractivity contribution >= 4 is 36.4 Å². The first-order valence-corrected chi connectivity index (χ1v) is 6.59. The Bertz CT molecular complexity index is 521. The molecule has 2 aromatic rings. The molecule has 1 N–H and O–H groups in total. The Labute approximate surface area is 135 Å². The Kier molecular flexibility index (Phi) is 6.76. The molecule has 1 fully saturated rings. The molecule has 0 radical (unpaired) electrons. The summed E-state index contributed by atoms with van der Waals surface area (Å²) in [6.45, 7) is 2.16.